The van der Waals surface area contributed by atoms with Crippen LogP contribution >= 0.6 is 15.9 Å². The molecule has 106 valence electrons. The summed E-state index contributed by atoms with van der Waals surface area (Å²) in [6, 6.07) is 9.04. The molecule has 1 aliphatic heterocycles. The van der Waals surface area contributed by atoms with Gasteiger partial charge in [-0.25, -0.2) is 0 Å². The lowest BCUT2D eigenvalue weighted by Crippen LogP contribution is -2.31. The van der Waals surface area contributed by atoms with Crippen LogP contribution in [0.3, 0.4) is 0 Å². The van der Waals surface area contributed by atoms with E-state index in [1.165, 1.54) is 12.0 Å². The molecule has 1 aromatic carbocycles. The van der Waals surface area contributed by atoms with Gasteiger partial charge in [0, 0.05) is 23.7 Å². The molecule has 1 aliphatic rings. The second-order valence-electron chi connectivity index (χ2n) is 5.29. The van der Waals surface area contributed by atoms with E-state index in [0.29, 0.717) is 18.1 Å². The molecule has 0 saturated carbocycles. The number of nitrogens with one attached hydrogen (secondary N) is 1. The first-order valence-corrected chi connectivity index (χ1v) is 8.14. The molecule has 2 nitrogen and oxygen atoms in total. The fourth-order valence-electron chi connectivity index (χ4n) is 2.89. The Hall–Kier alpha value is -0.380. The maximum Gasteiger partial charge on any atom is 0.0613 e. The number of rotatable bonds is 6. The summed E-state index contributed by atoms with van der Waals surface area (Å²) in [5, 5.41) is 3.72. The van der Waals surface area contributed by atoms with Gasteiger partial charge in [-0.1, -0.05) is 41.9 Å². The van der Waals surface area contributed by atoms with Gasteiger partial charge in [-0.3, -0.25) is 0 Å². The molecule has 3 unspecified atom stereocenters. The predicted octanol–water partition coefficient (Wildman–Crippen LogP) is 4.30. The summed E-state index contributed by atoms with van der Waals surface area (Å²) in [5.41, 5.74) is 1.36. The molecule has 0 amide bonds. The van der Waals surface area contributed by atoms with Crippen molar-refractivity contribution in [3.63, 3.8) is 0 Å². The molecule has 1 heterocycles. The highest BCUT2D eigenvalue weighted by Crippen LogP contribution is 2.25. The molecule has 1 saturated heterocycles. The highest BCUT2D eigenvalue weighted by atomic mass is 79.9. The molecular formula is C16H24BrNO. The lowest BCUT2D eigenvalue weighted by molar-refractivity contribution is 0.0865. The van der Waals surface area contributed by atoms with Gasteiger partial charge in [-0.15, -0.1) is 0 Å². The van der Waals surface area contributed by atoms with Crippen LogP contribution in [0.2, 0.25) is 0 Å². The van der Waals surface area contributed by atoms with Crippen LogP contribution in [0.5, 0.6) is 0 Å². The molecule has 1 fully saturated rings. The minimum atomic E-state index is 0.440. The van der Waals surface area contributed by atoms with Crippen LogP contribution in [0.15, 0.2) is 28.7 Å². The first kappa shape index (κ1) is 15.0. The monoisotopic (exact) mass is 325 g/mol. The van der Waals surface area contributed by atoms with E-state index in [9.17, 15) is 0 Å². The number of halogens is 1. The van der Waals surface area contributed by atoms with Crippen LogP contribution in [0.1, 0.15) is 44.7 Å². The van der Waals surface area contributed by atoms with Crippen LogP contribution in [0.25, 0.3) is 0 Å². The van der Waals surface area contributed by atoms with Crippen molar-refractivity contribution in [1.82, 2.24) is 5.32 Å². The summed E-state index contributed by atoms with van der Waals surface area (Å²) in [4.78, 5) is 0. The zero-order valence-electron chi connectivity index (χ0n) is 11.9. The molecule has 0 radical (unpaired) electrons. The van der Waals surface area contributed by atoms with Crippen molar-refractivity contribution in [2.24, 2.45) is 5.92 Å². The summed E-state index contributed by atoms with van der Waals surface area (Å²) in [6.07, 6.45) is 3.88. The van der Waals surface area contributed by atoms with Gasteiger partial charge in [0.2, 0.25) is 0 Å². The Labute approximate surface area is 125 Å². The SMILES string of the molecule is CCC(NCC1CCOC1CC)c1cccc(Br)c1. The van der Waals surface area contributed by atoms with Crippen molar-refractivity contribution in [1.29, 1.82) is 0 Å². The van der Waals surface area contributed by atoms with Gasteiger partial charge < -0.3 is 10.1 Å². The first-order valence-electron chi connectivity index (χ1n) is 7.35. The van der Waals surface area contributed by atoms with Crippen molar-refractivity contribution < 1.29 is 4.74 Å². The average Bonchev–Trinajstić information content (AvgIpc) is 2.87. The second-order valence-corrected chi connectivity index (χ2v) is 6.21. The fraction of sp³-hybridized carbons (Fsp3) is 0.625. The lowest BCUT2D eigenvalue weighted by Gasteiger charge is -2.22. The van der Waals surface area contributed by atoms with Gasteiger partial charge in [0.1, 0.15) is 0 Å². The average molecular weight is 326 g/mol. The Bertz CT molecular complexity index is 396. The Morgan fingerprint density at radius 1 is 1.42 bits per heavy atom. The van der Waals surface area contributed by atoms with Crippen LogP contribution < -0.4 is 5.32 Å². The van der Waals surface area contributed by atoms with Crippen molar-refractivity contribution in [2.75, 3.05) is 13.2 Å². The van der Waals surface area contributed by atoms with E-state index >= 15 is 0 Å². The minimum absolute atomic E-state index is 0.440. The third-order valence-corrected chi connectivity index (χ3v) is 4.53. The van der Waals surface area contributed by atoms with E-state index in [4.69, 9.17) is 4.74 Å². The summed E-state index contributed by atoms with van der Waals surface area (Å²) in [6.45, 7) is 6.44. The van der Waals surface area contributed by atoms with E-state index in [0.717, 1.165) is 30.5 Å². The van der Waals surface area contributed by atoms with Crippen LogP contribution in [0, 0.1) is 5.92 Å². The third-order valence-electron chi connectivity index (χ3n) is 4.03. The fourth-order valence-corrected chi connectivity index (χ4v) is 3.31. The van der Waals surface area contributed by atoms with Gasteiger partial charge in [0.25, 0.3) is 0 Å². The predicted molar refractivity (Wildman–Crippen MR) is 83.3 cm³/mol. The van der Waals surface area contributed by atoms with E-state index in [2.05, 4.69) is 59.4 Å². The van der Waals surface area contributed by atoms with Crippen molar-refractivity contribution in [3.8, 4) is 0 Å². The van der Waals surface area contributed by atoms with E-state index in [1.807, 2.05) is 0 Å². The molecule has 19 heavy (non-hydrogen) atoms. The number of hydrogen-bond acceptors (Lipinski definition) is 2. The molecule has 0 spiro atoms. The van der Waals surface area contributed by atoms with Crippen molar-refractivity contribution in [3.05, 3.63) is 34.3 Å². The molecule has 0 aliphatic carbocycles. The smallest absolute Gasteiger partial charge is 0.0613 e. The van der Waals surface area contributed by atoms with E-state index in [-0.39, 0.29) is 0 Å². The Morgan fingerprint density at radius 2 is 2.26 bits per heavy atom. The Morgan fingerprint density at radius 3 is 2.95 bits per heavy atom. The normalized spacial score (nSPS) is 24.6. The molecule has 0 bridgehead atoms. The van der Waals surface area contributed by atoms with E-state index < -0.39 is 0 Å². The number of hydrogen-bond donors (Lipinski definition) is 1. The molecule has 0 aromatic heterocycles. The van der Waals surface area contributed by atoms with Crippen LogP contribution in [-0.4, -0.2) is 19.3 Å². The topological polar surface area (TPSA) is 21.3 Å². The second kappa shape index (κ2) is 7.41. The zero-order chi connectivity index (χ0) is 13.7. The van der Waals surface area contributed by atoms with Gasteiger partial charge in [-0.2, -0.15) is 0 Å². The molecule has 2 rings (SSSR count). The summed E-state index contributed by atoms with van der Waals surface area (Å²) in [5.74, 6) is 0.672. The highest BCUT2D eigenvalue weighted by Gasteiger charge is 2.26. The number of benzene rings is 1. The molecule has 1 N–H and O–H groups in total. The molecule has 3 atom stereocenters. The van der Waals surface area contributed by atoms with Gasteiger partial charge >= 0.3 is 0 Å². The molecule has 1 aromatic rings. The largest absolute Gasteiger partial charge is 0.378 e. The molecule has 3 heteroatoms. The van der Waals surface area contributed by atoms with Crippen LogP contribution in [0.4, 0.5) is 0 Å². The van der Waals surface area contributed by atoms with Gasteiger partial charge in [0.15, 0.2) is 0 Å². The van der Waals surface area contributed by atoms with Crippen LogP contribution in [-0.2, 0) is 4.74 Å². The van der Waals surface area contributed by atoms with E-state index in [1.54, 1.807) is 0 Å². The third kappa shape index (κ3) is 4.04. The summed E-state index contributed by atoms with van der Waals surface area (Å²) in [7, 11) is 0. The van der Waals surface area contributed by atoms with Gasteiger partial charge in [0.05, 0.1) is 6.10 Å². The zero-order valence-corrected chi connectivity index (χ0v) is 13.4. The Balaban J connectivity index is 1.92. The number of ether oxygens (including phenoxy) is 1. The maximum atomic E-state index is 5.76. The molecular weight excluding hydrogens is 302 g/mol. The standard InChI is InChI=1S/C16H24BrNO/c1-3-15(12-6-5-7-14(17)10-12)18-11-13-8-9-19-16(13)4-2/h5-7,10,13,15-16,18H,3-4,8-9,11H2,1-2H3. The quantitative estimate of drug-likeness (QED) is 0.841. The van der Waals surface area contributed by atoms with Crippen molar-refractivity contribution in [2.45, 2.75) is 45.3 Å². The summed E-state index contributed by atoms with van der Waals surface area (Å²) >= 11 is 3.55. The first-order chi connectivity index (χ1) is 9.24. The minimum Gasteiger partial charge on any atom is -0.378 e. The van der Waals surface area contributed by atoms with Gasteiger partial charge in [-0.05, 0) is 42.9 Å². The highest BCUT2D eigenvalue weighted by molar-refractivity contribution is 9.10. The maximum absolute atomic E-state index is 5.76. The Kier molecular flexibility index (Phi) is 5.86. The lowest BCUT2D eigenvalue weighted by atomic mass is 9.98. The van der Waals surface area contributed by atoms with Crippen molar-refractivity contribution >= 4 is 15.9 Å². The summed E-state index contributed by atoms with van der Waals surface area (Å²) < 4.78 is 6.91.